The number of rotatable bonds is 6. The van der Waals surface area contributed by atoms with Crippen molar-refractivity contribution < 1.29 is 0 Å². The van der Waals surface area contributed by atoms with Crippen molar-refractivity contribution in [3.05, 3.63) is 0 Å². The summed E-state index contributed by atoms with van der Waals surface area (Å²) < 4.78 is 0. The first-order valence-electron chi connectivity index (χ1n) is 6.05. The Morgan fingerprint density at radius 3 is 2.36 bits per heavy atom. The van der Waals surface area contributed by atoms with Crippen molar-refractivity contribution >= 4 is 0 Å². The van der Waals surface area contributed by atoms with Crippen LogP contribution in [0.2, 0.25) is 0 Å². The molecule has 1 atom stereocenters. The van der Waals surface area contributed by atoms with Gasteiger partial charge in [-0.3, -0.25) is 0 Å². The van der Waals surface area contributed by atoms with Crippen molar-refractivity contribution in [3.63, 3.8) is 0 Å². The molecule has 0 amide bonds. The van der Waals surface area contributed by atoms with E-state index in [1.807, 2.05) is 0 Å². The van der Waals surface area contributed by atoms with Crippen LogP contribution in [-0.2, 0) is 0 Å². The topological polar surface area (TPSA) is 15.3 Å². The molecule has 1 N–H and O–H groups in total. The lowest BCUT2D eigenvalue weighted by Crippen LogP contribution is -2.43. The zero-order chi connectivity index (χ0) is 10.6. The van der Waals surface area contributed by atoms with Crippen LogP contribution in [0.4, 0.5) is 0 Å². The van der Waals surface area contributed by atoms with E-state index < -0.39 is 0 Å². The summed E-state index contributed by atoms with van der Waals surface area (Å²) in [6, 6.07) is 1.52. The molecule has 0 bridgehead atoms. The first kappa shape index (κ1) is 12.0. The molecule has 0 spiro atoms. The van der Waals surface area contributed by atoms with Crippen molar-refractivity contribution in [1.82, 2.24) is 10.2 Å². The normalized spacial score (nSPS) is 20.1. The van der Waals surface area contributed by atoms with Crippen molar-refractivity contribution in [1.29, 1.82) is 0 Å². The van der Waals surface area contributed by atoms with Gasteiger partial charge >= 0.3 is 0 Å². The largest absolute Gasteiger partial charge is 0.313 e. The van der Waals surface area contributed by atoms with Gasteiger partial charge < -0.3 is 10.2 Å². The molecule has 1 fully saturated rings. The second kappa shape index (κ2) is 5.72. The van der Waals surface area contributed by atoms with E-state index in [2.05, 4.69) is 38.0 Å². The molecule has 1 aliphatic carbocycles. The van der Waals surface area contributed by atoms with Crippen LogP contribution in [0, 0.1) is 5.92 Å². The molecule has 0 aliphatic heterocycles. The maximum Gasteiger partial charge on any atom is 0.0107 e. The van der Waals surface area contributed by atoms with Gasteiger partial charge in [0.2, 0.25) is 0 Å². The minimum atomic E-state index is 0.643. The van der Waals surface area contributed by atoms with E-state index >= 15 is 0 Å². The van der Waals surface area contributed by atoms with Gasteiger partial charge in [0.05, 0.1) is 0 Å². The Kier molecular flexibility index (Phi) is 4.90. The highest BCUT2D eigenvalue weighted by molar-refractivity contribution is 4.78. The second-order valence-electron chi connectivity index (χ2n) is 5.05. The third-order valence-electron chi connectivity index (χ3n) is 3.63. The Morgan fingerprint density at radius 2 is 1.93 bits per heavy atom. The second-order valence-corrected chi connectivity index (χ2v) is 5.05. The fraction of sp³-hybridized carbons (Fsp3) is 1.00. The number of nitrogens with one attached hydrogen (secondary N) is 1. The van der Waals surface area contributed by atoms with E-state index in [1.165, 1.54) is 25.8 Å². The zero-order valence-electron chi connectivity index (χ0n) is 10.2. The van der Waals surface area contributed by atoms with Gasteiger partial charge in [0.1, 0.15) is 0 Å². The molecule has 2 heteroatoms. The standard InChI is InChI=1S/C12H26N2/c1-10(2)11(3)13-8-9-14(4)12-6-5-7-12/h10-13H,5-9H2,1-4H3. The van der Waals surface area contributed by atoms with Crippen LogP contribution in [0.3, 0.4) is 0 Å². The minimum Gasteiger partial charge on any atom is -0.313 e. The Labute approximate surface area is 89.1 Å². The molecule has 0 aromatic rings. The summed E-state index contributed by atoms with van der Waals surface area (Å²) in [6.45, 7) is 9.14. The molecule has 0 aromatic carbocycles. The van der Waals surface area contributed by atoms with Gasteiger partial charge in [-0.05, 0) is 32.7 Å². The summed E-state index contributed by atoms with van der Waals surface area (Å²) >= 11 is 0. The lowest BCUT2D eigenvalue weighted by atomic mass is 9.92. The van der Waals surface area contributed by atoms with E-state index in [1.54, 1.807) is 0 Å². The Hall–Kier alpha value is -0.0800. The number of likely N-dealkylation sites (N-methyl/N-ethyl adjacent to an activating group) is 1. The van der Waals surface area contributed by atoms with E-state index in [-0.39, 0.29) is 0 Å². The third-order valence-corrected chi connectivity index (χ3v) is 3.63. The van der Waals surface area contributed by atoms with Crippen molar-refractivity contribution in [2.75, 3.05) is 20.1 Å². The van der Waals surface area contributed by atoms with Gasteiger partial charge in [0.15, 0.2) is 0 Å². The minimum absolute atomic E-state index is 0.643. The van der Waals surface area contributed by atoms with Crippen LogP contribution in [0.1, 0.15) is 40.0 Å². The summed E-state index contributed by atoms with van der Waals surface area (Å²) in [5.74, 6) is 0.740. The number of nitrogens with zero attached hydrogens (tertiary/aromatic N) is 1. The molecule has 1 aliphatic rings. The molecule has 1 rings (SSSR count). The summed E-state index contributed by atoms with van der Waals surface area (Å²) in [4.78, 5) is 2.50. The summed E-state index contributed by atoms with van der Waals surface area (Å²) in [5.41, 5.74) is 0. The fourth-order valence-corrected chi connectivity index (χ4v) is 1.71. The fourth-order valence-electron chi connectivity index (χ4n) is 1.71. The van der Waals surface area contributed by atoms with E-state index in [0.29, 0.717) is 6.04 Å². The smallest absolute Gasteiger partial charge is 0.0107 e. The SMILES string of the molecule is CC(C)C(C)NCCN(C)C1CCC1. The molecule has 0 heterocycles. The predicted octanol–water partition coefficient (Wildman–Crippen LogP) is 2.10. The molecule has 84 valence electrons. The molecule has 0 aromatic heterocycles. The maximum absolute atomic E-state index is 3.57. The van der Waals surface area contributed by atoms with Crippen molar-refractivity contribution in [2.45, 2.75) is 52.1 Å². The van der Waals surface area contributed by atoms with Gasteiger partial charge in [-0.1, -0.05) is 20.3 Å². The van der Waals surface area contributed by atoms with Crippen LogP contribution >= 0.6 is 0 Å². The molecule has 1 saturated carbocycles. The predicted molar refractivity (Wildman–Crippen MR) is 62.6 cm³/mol. The van der Waals surface area contributed by atoms with Gasteiger partial charge in [0.25, 0.3) is 0 Å². The first-order chi connectivity index (χ1) is 6.61. The van der Waals surface area contributed by atoms with Crippen LogP contribution in [-0.4, -0.2) is 37.1 Å². The highest BCUT2D eigenvalue weighted by Gasteiger charge is 2.21. The number of hydrogen-bond donors (Lipinski definition) is 1. The lowest BCUT2D eigenvalue weighted by Gasteiger charge is -2.35. The van der Waals surface area contributed by atoms with E-state index in [0.717, 1.165) is 18.5 Å². The van der Waals surface area contributed by atoms with Crippen LogP contribution in [0.25, 0.3) is 0 Å². The zero-order valence-corrected chi connectivity index (χ0v) is 10.2. The lowest BCUT2D eigenvalue weighted by molar-refractivity contribution is 0.158. The molecule has 2 nitrogen and oxygen atoms in total. The van der Waals surface area contributed by atoms with Crippen molar-refractivity contribution in [3.8, 4) is 0 Å². The molecule has 14 heavy (non-hydrogen) atoms. The summed E-state index contributed by atoms with van der Waals surface area (Å²) in [7, 11) is 2.26. The van der Waals surface area contributed by atoms with Gasteiger partial charge in [-0.25, -0.2) is 0 Å². The monoisotopic (exact) mass is 198 g/mol. The van der Waals surface area contributed by atoms with E-state index in [4.69, 9.17) is 0 Å². The number of hydrogen-bond acceptors (Lipinski definition) is 2. The summed E-state index contributed by atoms with van der Waals surface area (Å²) in [6.07, 6.45) is 4.26. The molecular formula is C12H26N2. The Bertz CT molecular complexity index is 152. The average Bonchev–Trinajstić information content (AvgIpc) is 2.00. The summed E-state index contributed by atoms with van der Waals surface area (Å²) in [5, 5.41) is 3.57. The van der Waals surface area contributed by atoms with Crippen molar-refractivity contribution in [2.24, 2.45) is 5.92 Å². The van der Waals surface area contributed by atoms with Crippen LogP contribution < -0.4 is 5.32 Å². The Morgan fingerprint density at radius 1 is 1.29 bits per heavy atom. The first-order valence-corrected chi connectivity index (χ1v) is 6.05. The molecular weight excluding hydrogens is 172 g/mol. The van der Waals surface area contributed by atoms with Crippen LogP contribution in [0.15, 0.2) is 0 Å². The molecule has 1 unspecified atom stereocenters. The third kappa shape index (κ3) is 3.58. The highest BCUT2D eigenvalue weighted by Crippen LogP contribution is 2.22. The quantitative estimate of drug-likeness (QED) is 0.703. The highest BCUT2D eigenvalue weighted by atomic mass is 15.1. The van der Waals surface area contributed by atoms with Gasteiger partial charge in [0, 0.05) is 25.2 Å². The van der Waals surface area contributed by atoms with E-state index in [9.17, 15) is 0 Å². The molecule has 0 saturated heterocycles. The van der Waals surface area contributed by atoms with Crippen LogP contribution in [0.5, 0.6) is 0 Å². The Balaban J connectivity index is 2.02. The molecule has 0 radical (unpaired) electrons. The van der Waals surface area contributed by atoms with Gasteiger partial charge in [-0.15, -0.1) is 0 Å². The van der Waals surface area contributed by atoms with Gasteiger partial charge in [-0.2, -0.15) is 0 Å². The average molecular weight is 198 g/mol. The maximum atomic E-state index is 3.57.